The molecule has 1 aliphatic carbocycles. The fourth-order valence-electron chi connectivity index (χ4n) is 3.99. The first-order valence-electron chi connectivity index (χ1n) is 8.79. The highest BCUT2D eigenvalue weighted by Crippen LogP contribution is 2.32. The van der Waals surface area contributed by atoms with Crippen LogP contribution in [0.1, 0.15) is 47.8 Å². The number of aliphatic hydroxyl groups excluding tert-OH is 1. The zero-order chi connectivity index (χ0) is 16.9. The quantitative estimate of drug-likeness (QED) is 0.749. The molecule has 0 bridgehead atoms. The fraction of sp³-hybridized carbons (Fsp3) is 0.526. The number of aryl methyl sites for hydroxylation is 2. The van der Waals surface area contributed by atoms with Gasteiger partial charge in [0.15, 0.2) is 0 Å². The Hall–Kier alpha value is -1.85. The summed E-state index contributed by atoms with van der Waals surface area (Å²) in [6, 6.07) is 5.88. The number of rotatable bonds is 1. The number of fused-ring (bicyclic) bond motifs is 3. The number of para-hydroxylation sites is 1. The number of hydrogen-bond donors (Lipinski definition) is 3. The van der Waals surface area contributed by atoms with Gasteiger partial charge >= 0.3 is 0 Å². The molecule has 2 aromatic rings. The van der Waals surface area contributed by atoms with Crippen LogP contribution in [0.4, 0.5) is 0 Å². The van der Waals surface area contributed by atoms with Crippen LogP contribution < -0.4 is 0 Å². The molecule has 1 saturated heterocycles. The molecule has 0 radical (unpaired) electrons. The van der Waals surface area contributed by atoms with Gasteiger partial charge in [0.1, 0.15) is 0 Å². The van der Waals surface area contributed by atoms with Gasteiger partial charge in [-0.25, -0.2) is 0 Å². The van der Waals surface area contributed by atoms with Crippen LogP contribution in [0.2, 0.25) is 0 Å². The van der Waals surface area contributed by atoms with Crippen molar-refractivity contribution in [2.75, 3.05) is 13.1 Å². The second kappa shape index (κ2) is 5.60. The van der Waals surface area contributed by atoms with Crippen LogP contribution in [-0.2, 0) is 12.8 Å². The molecule has 5 heteroatoms. The van der Waals surface area contributed by atoms with Gasteiger partial charge in [-0.05, 0) is 50.7 Å². The molecule has 0 spiro atoms. The number of carbonyl (C=O) groups is 1. The van der Waals surface area contributed by atoms with Gasteiger partial charge in [-0.3, -0.25) is 4.79 Å². The number of piperidine rings is 1. The number of hydrogen-bond acceptors (Lipinski definition) is 3. The second-order valence-corrected chi connectivity index (χ2v) is 7.39. The number of aromatic amines is 1. The molecule has 2 heterocycles. The molecule has 1 amide bonds. The van der Waals surface area contributed by atoms with Crippen LogP contribution in [-0.4, -0.2) is 50.8 Å². The zero-order valence-electron chi connectivity index (χ0n) is 14.0. The molecule has 4 rings (SSSR count). The Balaban J connectivity index is 1.69. The lowest BCUT2D eigenvalue weighted by atomic mass is 9.90. The predicted molar refractivity (Wildman–Crippen MR) is 92.1 cm³/mol. The number of amides is 1. The summed E-state index contributed by atoms with van der Waals surface area (Å²) in [7, 11) is 0. The third-order valence-corrected chi connectivity index (χ3v) is 5.65. The van der Waals surface area contributed by atoms with Crippen molar-refractivity contribution < 1.29 is 15.0 Å². The molecule has 24 heavy (non-hydrogen) atoms. The van der Waals surface area contributed by atoms with Gasteiger partial charge in [0.05, 0.1) is 22.8 Å². The number of benzene rings is 1. The molecule has 1 aromatic carbocycles. The average Bonchev–Trinajstić information content (AvgIpc) is 2.95. The summed E-state index contributed by atoms with van der Waals surface area (Å²) in [6.45, 7) is 2.25. The van der Waals surface area contributed by atoms with E-state index in [0.717, 1.165) is 23.7 Å². The number of likely N-dealkylation sites (tertiary alicyclic amines) is 1. The second-order valence-electron chi connectivity index (χ2n) is 7.39. The smallest absolute Gasteiger partial charge is 0.256 e. The van der Waals surface area contributed by atoms with Crippen LogP contribution in [0.15, 0.2) is 18.2 Å². The molecule has 2 aliphatic rings. The molecule has 1 fully saturated rings. The van der Waals surface area contributed by atoms with Crippen molar-refractivity contribution in [1.29, 1.82) is 0 Å². The van der Waals surface area contributed by atoms with E-state index < -0.39 is 11.7 Å². The highest BCUT2D eigenvalue weighted by atomic mass is 16.3. The summed E-state index contributed by atoms with van der Waals surface area (Å²) >= 11 is 0. The molecule has 128 valence electrons. The molecule has 5 nitrogen and oxygen atoms in total. The highest BCUT2D eigenvalue weighted by Gasteiger charge is 2.38. The molecule has 3 N–H and O–H groups in total. The molecular formula is C19H24N2O3. The van der Waals surface area contributed by atoms with Crippen molar-refractivity contribution in [3.05, 3.63) is 35.0 Å². The van der Waals surface area contributed by atoms with Crippen molar-refractivity contribution in [1.82, 2.24) is 9.88 Å². The SMILES string of the molecule is C[C@]1(O)CCN(C(=O)c2cccc3c4c([nH]c23)CCCC4)C[C@@H]1O. The first-order valence-corrected chi connectivity index (χ1v) is 8.79. The Bertz CT molecular complexity index is 793. The topological polar surface area (TPSA) is 76.6 Å². The summed E-state index contributed by atoms with van der Waals surface area (Å²) in [4.78, 5) is 18.1. The van der Waals surface area contributed by atoms with E-state index in [1.807, 2.05) is 12.1 Å². The van der Waals surface area contributed by atoms with E-state index in [4.69, 9.17) is 0 Å². The number of aliphatic hydroxyl groups is 2. The van der Waals surface area contributed by atoms with Gasteiger partial charge < -0.3 is 20.1 Å². The van der Waals surface area contributed by atoms with Gasteiger partial charge in [-0.15, -0.1) is 0 Å². The standard InChI is InChI=1S/C19H24N2O3/c1-19(24)9-10-21(11-16(19)22)18(23)14-7-4-6-13-12-5-2-3-8-15(12)20-17(13)14/h4,6-7,16,20,22,24H,2-3,5,8-11H2,1H3/t16-,19-/m0/s1. The summed E-state index contributed by atoms with van der Waals surface area (Å²) in [5.74, 6) is -0.0752. The normalized spacial score (nSPS) is 27.3. The first kappa shape index (κ1) is 15.7. The zero-order valence-corrected chi connectivity index (χ0v) is 14.0. The Labute approximate surface area is 141 Å². The number of carbonyl (C=O) groups excluding carboxylic acids is 1. The average molecular weight is 328 g/mol. The van der Waals surface area contributed by atoms with Crippen molar-refractivity contribution in [3.63, 3.8) is 0 Å². The Kier molecular flexibility index (Phi) is 3.66. The predicted octanol–water partition coefficient (Wildman–Crippen LogP) is 2.00. The Morgan fingerprint density at radius 3 is 2.92 bits per heavy atom. The van der Waals surface area contributed by atoms with Gasteiger partial charge in [0.2, 0.25) is 0 Å². The van der Waals surface area contributed by atoms with E-state index in [-0.39, 0.29) is 12.5 Å². The van der Waals surface area contributed by atoms with E-state index in [2.05, 4.69) is 11.1 Å². The van der Waals surface area contributed by atoms with Crippen LogP contribution in [0, 0.1) is 0 Å². The summed E-state index contributed by atoms with van der Waals surface area (Å²) in [5.41, 5.74) is 3.08. The monoisotopic (exact) mass is 328 g/mol. The first-order chi connectivity index (χ1) is 11.5. The summed E-state index contributed by atoms with van der Waals surface area (Å²) < 4.78 is 0. The lowest BCUT2D eigenvalue weighted by Crippen LogP contribution is -2.55. The van der Waals surface area contributed by atoms with Crippen molar-refractivity contribution in [2.45, 2.75) is 50.7 Å². The number of nitrogens with one attached hydrogen (secondary N) is 1. The molecule has 0 saturated carbocycles. The maximum atomic E-state index is 13.0. The van der Waals surface area contributed by atoms with Crippen LogP contribution >= 0.6 is 0 Å². The van der Waals surface area contributed by atoms with Gasteiger partial charge in [-0.2, -0.15) is 0 Å². The lowest BCUT2D eigenvalue weighted by Gasteiger charge is -2.39. The van der Waals surface area contributed by atoms with E-state index in [1.54, 1.807) is 11.8 Å². The summed E-state index contributed by atoms with van der Waals surface area (Å²) in [5, 5.41) is 21.4. The molecule has 1 aromatic heterocycles. The minimum absolute atomic E-state index is 0.0752. The van der Waals surface area contributed by atoms with E-state index in [0.29, 0.717) is 18.5 Å². The fourth-order valence-corrected chi connectivity index (χ4v) is 3.99. The minimum Gasteiger partial charge on any atom is -0.388 e. The van der Waals surface area contributed by atoms with Crippen molar-refractivity contribution in [2.24, 2.45) is 0 Å². The summed E-state index contributed by atoms with van der Waals surface area (Å²) in [6.07, 6.45) is 3.98. The van der Waals surface area contributed by atoms with Crippen LogP contribution in [0.25, 0.3) is 10.9 Å². The molecule has 2 atom stereocenters. The molecule has 0 unspecified atom stereocenters. The third kappa shape index (κ3) is 2.43. The Morgan fingerprint density at radius 2 is 2.12 bits per heavy atom. The number of nitrogens with zero attached hydrogens (tertiary/aromatic N) is 1. The largest absolute Gasteiger partial charge is 0.388 e. The Morgan fingerprint density at radius 1 is 1.33 bits per heavy atom. The molecular weight excluding hydrogens is 304 g/mol. The maximum absolute atomic E-state index is 13.0. The maximum Gasteiger partial charge on any atom is 0.256 e. The van der Waals surface area contributed by atoms with Crippen LogP contribution in [0.3, 0.4) is 0 Å². The van der Waals surface area contributed by atoms with E-state index in [1.165, 1.54) is 24.1 Å². The minimum atomic E-state index is -1.12. The number of H-pyrrole nitrogens is 1. The van der Waals surface area contributed by atoms with Crippen LogP contribution in [0.5, 0.6) is 0 Å². The van der Waals surface area contributed by atoms with Crippen molar-refractivity contribution in [3.8, 4) is 0 Å². The number of β-amino-alcohol motifs (C(OH)–C–C–N with tert-alkyl or cyclic N) is 1. The number of aromatic nitrogens is 1. The highest BCUT2D eigenvalue weighted by molar-refractivity contribution is 6.06. The van der Waals surface area contributed by atoms with E-state index >= 15 is 0 Å². The third-order valence-electron chi connectivity index (χ3n) is 5.65. The molecule has 1 aliphatic heterocycles. The van der Waals surface area contributed by atoms with Gasteiger partial charge in [-0.1, -0.05) is 12.1 Å². The van der Waals surface area contributed by atoms with Gasteiger partial charge in [0.25, 0.3) is 5.91 Å². The lowest BCUT2D eigenvalue weighted by molar-refractivity contribution is -0.0999. The van der Waals surface area contributed by atoms with E-state index in [9.17, 15) is 15.0 Å². The van der Waals surface area contributed by atoms with Gasteiger partial charge in [0, 0.05) is 24.2 Å². The van der Waals surface area contributed by atoms with Crippen molar-refractivity contribution >= 4 is 16.8 Å².